The zero-order valence-electron chi connectivity index (χ0n) is 15.7. The molecule has 2 N–H and O–H groups in total. The minimum Gasteiger partial charge on any atom is -0.350 e. The van der Waals surface area contributed by atoms with Gasteiger partial charge in [0.1, 0.15) is 5.69 Å². The number of anilines is 1. The number of aromatic nitrogens is 1. The molecule has 0 saturated carbocycles. The van der Waals surface area contributed by atoms with Gasteiger partial charge in [0.2, 0.25) is 6.41 Å². The van der Waals surface area contributed by atoms with Crippen LogP contribution in [0.5, 0.6) is 0 Å². The molecule has 3 aromatic rings. The van der Waals surface area contributed by atoms with Crippen LogP contribution in [0.2, 0.25) is 0 Å². The highest BCUT2D eigenvalue weighted by atomic mass is 79.9. The number of halogens is 1. The van der Waals surface area contributed by atoms with E-state index in [4.69, 9.17) is 0 Å². The van der Waals surface area contributed by atoms with Crippen LogP contribution < -0.4 is 5.32 Å². The molecule has 4 rings (SSSR count). The van der Waals surface area contributed by atoms with Gasteiger partial charge in [0.15, 0.2) is 0 Å². The number of para-hydroxylation sites is 1. The van der Waals surface area contributed by atoms with Gasteiger partial charge in [0, 0.05) is 34.2 Å². The van der Waals surface area contributed by atoms with Crippen LogP contribution >= 0.6 is 15.9 Å². The molecule has 6 heteroatoms. The third kappa shape index (κ3) is 3.56. The molecule has 2 amide bonds. The number of benzene rings is 2. The number of carbonyl (C=O) groups is 2. The van der Waals surface area contributed by atoms with E-state index in [-0.39, 0.29) is 5.91 Å². The normalized spacial score (nSPS) is 15.0. The lowest BCUT2D eigenvalue weighted by molar-refractivity contribution is -0.105. The summed E-state index contributed by atoms with van der Waals surface area (Å²) < 4.78 is 0.992. The molecule has 2 heterocycles. The number of hydrogen-bond acceptors (Lipinski definition) is 2. The number of likely N-dealkylation sites (tertiary alicyclic amines) is 1. The van der Waals surface area contributed by atoms with Crippen molar-refractivity contribution in [3.05, 3.63) is 63.8 Å². The third-order valence-corrected chi connectivity index (χ3v) is 6.04. The first kappa shape index (κ1) is 18.7. The molecule has 0 spiro atoms. The summed E-state index contributed by atoms with van der Waals surface area (Å²) >= 11 is 3.52. The summed E-state index contributed by atoms with van der Waals surface area (Å²) in [5.41, 5.74) is 4.77. The summed E-state index contributed by atoms with van der Waals surface area (Å²) in [7, 11) is 0. The molecule has 144 valence electrons. The SMILES string of the molecule is Cc1cccc2cc(C(=O)N3CCC(c4cc(Br)ccc4NC=O)CC3)[nH]c12. The van der Waals surface area contributed by atoms with Gasteiger partial charge in [-0.15, -0.1) is 0 Å². The Hall–Kier alpha value is -2.60. The maximum Gasteiger partial charge on any atom is 0.270 e. The topological polar surface area (TPSA) is 65.2 Å². The van der Waals surface area contributed by atoms with Crippen molar-refractivity contribution in [3.8, 4) is 0 Å². The quantitative estimate of drug-likeness (QED) is 0.571. The number of H-pyrrole nitrogens is 1. The van der Waals surface area contributed by atoms with Crippen molar-refractivity contribution in [2.24, 2.45) is 0 Å². The van der Waals surface area contributed by atoms with Gasteiger partial charge in [0.25, 0.3) is 5.91 Å². The second kappa shape index (κ2) is 7.80. The highest BCUT2D eigenvalue weighted by Gasteiger charge is 2.27. The van der Waals surface area contributed by atoms with Crippen molar-refractivity contribution >= 4 is 44.8 Å². The lowest BCUT2D eigenvalue weighted by atomic mass is 9.88. The van der Waals surface area contributed by atoms with E-state index < -0.39 is 0 Å². The van der Waals surface area contributed by atoms with Crippen molar-refractivity contribution in [1.82, 2.24) is 9.88 Å². The number of hydrogen-bond donors (Lipinski definition) is 2. The summed E-state index contributed by atoms with van der Waals surface area (Å²) in [6.07, 6.45) is 2.45. The number of amides is 2. The number of carbonyl (C=O) groups excluding carboxylic acids is 2. The standard InChI is InChI=1S/C22H22BrN3O2/c1-14-3-2-4-16-11-20(25-21(14)16)22(28)26-9-7-15(8-10-26)18-12-17(23)5-6-19(18)24-13-27/h2-6,11-13,15,25H,7-10H2,1H3,(H,24,27). The van der Waals surface area contributed by atoms with Gasteiger partial charge in [-0.1, -0.05) is 34.1 Å². The Bertz CT molecular complexity index is 1040. The Morgan fingerprint density at radius 3 is 2.71 bits per heavy atom. The van der Waals surface area contributed by atoms with Crippen LogP contribution in [0, 0.1) is 6.92 Å². The fourth-order valence-electron chi connectivity index (χ4n) is 4.05. The average molecular weight is 440 g/mol. The highest BCUT2D eigenvalue weighted by Crippen LogP contribution is 2.35. The van der Waals surface area contributed by atoms with Crippen LogP contribution in [0.15, 0.2) is 46.9 Å². The van der Waals surface area contributed by atoms with Gasteiger partial charge in [-0.2, -0.15) is 0 Å². The van der Waals surface area contributed by atoms with Gasteiger partial charge in [0.05, 0.1) is 0 Å². The van der Waals surface area contributed by atoms with Gasteiger partial charge in [-0.25, -0.2) is 0 Å². The van der Waals surface area contributed by atoms with Crippen molar-refractivity contribution in [2.45, 2.75) is 25.7 Å². The summed E-state index contributed by atoms with van der Waals surface area (Å²) in [5, 5.41) is 3.86. The van der Waals surface area contributed by atoms with Crippen molar-refractivity contribution in [1.29, 1.82) is 0 Å². The van der Waals surface area contributed by atoms with E-state index in [1.165, 1.54) is 0 Å². The maximum absolute atomic E-state index is 13.0. The first-order valence-electron chi connectivity index (χ1n) is 9.44. The number of rotatable bonds is 4. The van der Waals surface area contributed by atoms with E-state index in [0.717, 1.165) is 45.0 Å². The number of nitrogens with one attached hydrogen (secondary N) is 2. The Morgan fingerprint density at radius 1 is 1.21 bits per heavy atom. The number of fused-ring (bicyclic) bond motifs is 1. The first-order valence-corrected chi connectivity index (χ1v) is 10.2. The zero-order valence-corrected chi connectivity index (χ0v) is 17.3. The van der Waals surface area contributed by atoms with Crippen LogP contribution in [0.1, 0.15) is 40.4 Å². The summed E-state index contributed by atoms with van der Waals surface area (Å²) in [6, 6.07) is 13.9. The van der Waals surface area contributed by atoms with E-state index in [1.807, 2.05) is 48.2 Å². The number of nitrogens with zero attached hydrogens (tertiary/aromatic N) is 1. The van der Waals surface area contributed by atoms with E-state index in [9.17, 15) is 9.59 Å². The lowest BCUT2D eigenvalue weighted by Gasteiger charge is -2.32. The van der Waals surface area contributed by atoms with Gasteiger partial charge in [-0.3, -0.25) is 9.59 Å². The van der Waals surface area contributed by atoms with Crippen LogP contribution in [0.4, 0.5) is 5.69 Å². The predicted octanol–water partition coefficient (Wildman–Crippen LogP) is 4.83. The number of aromatic amines is 1. The Labute approximate surface area is 172 Å². The first-order chi connectivity index (χ1) is 13.6. The number of aryl methyl sites for hydroxylation is 1. The minimum atomic E-state index is 0.0505. The predicted molar refractivity (Wildman–Crippen MR) is 115 cm³/mol. The monoisotopic (exact) mass is 439 g/mol. The van der Waals surface area contributed by atoms with Crippen molar-refractivity contribution < 1.29 is 9.59 Å². The van der Waals surface area contributed by atoms with Crippen molar-refractivity contribution in [2.75, 3.05) is 18.4 Å². The molecule has 1 aliphatic heterocycles. The fraction of sp³-hybridized carbons (Fsp3) is 0.273. The Kier molecular flexibility index (Phi) is 5.22. The molecule has 0 unspecified atom stereocenters. The van der Waals surface area contributed by atoms with Gasteiger partial charge < -0.3 is 15.2 Å². The van der Waals surface area contributed by atoms with E-state index in [1.54, 1.807) is 0 Å². The molecule has 28 heavy (non-hydrogen) atoms. The van der Waals surface area contributed by atoms with E-state index in [0.29, 0.717) is 31.1 Å². The molecule has 0 atom stereocenters. The van der Waals surface area contributed by atoms with Crippen LogP contribution in [0.25, 0.3) is 10.9 Å². The van der Waals surface area contributed by atoms with Crippen molar-refractivity contribution in [3.63, 3.8) is 0 Å². The van der Waals surface area contributed by atoms with E-state index >= 15 is 0 Å². The molecule has 1 aliphatic rings. The van der Waals surface area contributed by atoms with Gasteiger partial charge >= 0.3 is 0 Å². The lowest BCUT2D eigenvalue weighted by Crippen LogP contribution is -2.38. The van der Waals surface area contributed by atoms with Crippen LogP contribution in [0.3, 0.4) is 0 Å². The molecule has 5 nitrogen and oxygen atoms in total. The molecule has 0 aliphatic carbocycles. The molecule has 2 aromatic carbocycles. The Morgan fingerprint density at radius 2 is 2.00 bits per heavy atom. The second-order valence-electron chi connectivity index (χ2n) is 7.28. The second-order valence-corrected chi connectivity index (χ2v) is 8.20. The molecule has 1 fully saturated rings. The third-order valence-electron chi connectivity index (χ3n) is 5.54. The number of piperidine rings is 1. The Balaban J connectivity index is 1.49. The zero-order chi connectivity index (χ0) is 19.7. The summed E-state index contributed by atoms with van der Waals surface area (Å²) in [5.74, 6) is 0.364. The maximum atomic E-state index is 13.0. The molecule has 0 bridgehead atoms. The molecule has 1 aromatic heterocycles. The molecular formula is C22H22BrN3O2. The van der Waals surface area contributed by atoms with Gasteiger partial charge in [-0.05, 0) is 61.1 Å². The largest absolute Gasteiger partial charge is 0.350 e. The van der Waals surface area contributed by atoms with Crippen LogP contribution in [-0.2, 0) is 4.79 Å². The summed E-state index contributed by atoms with van der Waals surface area (Å²) in [6.45, 7) is 3.44. The minimum absolute atomic E-state index is 0.0505. The molecule has 0 radical (unpaired) electrons. The fourth-order valence-corrected chi connectivity index (χ4v) is 4.43. The average Bonchev–Trinajstić information content (AvgIpc) is 3.15. The highest BCUT2D eigenvalue weighted by molar-refractivity contribution is 9.10. The summed E-state index contributed by atoms with van der Waals surface area (Å²) in [4.78, 5) is 29.1. The smallest absolute Gasteiger partial charge is 0.270 e. The van der Waals surface area contributed by atoms with E-state index in [2.05, 4.69) is 32.3 Å². The molecular weight excluding hydrogens is 418 g/mol. The molecule has 1 saturated heterocycles. The van der Waals surface area contributed by atoms with Crippen LogP contribution in [-0.4, -0.2) is 35.3 Å².